The maximum atomic E-state index is 12.3. The van der Waals surface area contributed by atoms with E-state index in [1.807, 2.05) is 0 Å². The Morgan fingerprint density at radius 2 is 2.14 bits per heavy atom. The minimum atomic E-state index is -0.724. The molecule has 1 fully saturated rings. The van der Waals surface area contributed by atoms with E-state index in [0.29, 0.717) is 28.0 Å². The Hall–Kier alpha value is -1.14. The van der Waals surface area contributed by atoms with Gasteiger partial charge in [-0.2, -0.15) is 0 Å². The third kappa shape index (κ3) is 4.97. The first-order chi connectivity index (χ1) is 10.1. The van der Waals surface area contributed by atoms with Crippen LogP contribution in [-0.4, -0.2) is 39.2 Å². The number of anilines is 1. The monoisotopic (exact) mass is 329 g/mol. The van der Waals surface area contributed by atoms with Crippen LogP contribution in [0, 0.1) is 0 Å². The molecule has 0 aromatic carbocycles. The number of nitrogens with one attached hydrogen (secondary N) is 2. The van der Waals surface area contributed by atoms with Crippen molar-refractivity contribution in [2.24, 2.45) is 0 Å². The van der Waals surface area contributed by atoms with E-state index >= 15 is 0 Å². The summed E-state index contributed by atoms with van der Waals surface area (Å²) in [7, 11) is -0.724. The quantitative estimate of drug-likeness (QED) is 0.812. The van der Waals surface area contributed by atoms with E-state index in [9.17, 15) is 9.00 Å². The summed E-state index contributed by atoms with van der Waals surface area (Å²) in [6.45, 7) is 2.83. The highest BCUT2D eigenvalue weighted by molar-refractivity contribution is 7.85. The molecule has 21 heavy (non-hydrogen) atoms. The predicted octanol–water partition coefficient (Wildman–Crippen LogP) is 2.20. The zero-order chi connectivity index (χ0) is 15.2. The maximum Gasteiger partial charge on any atom is 0.251 e. The van der Waals surface area contributed by atoms with E-state index in [0.717, 1.165) is 25.8 Å². The van der Waals surface area contributed by atoms with Gasteiger partial charge in [-0.25, -0.2) is 4.98 Å². The van der Waals surface area contributed by atoms with Crippen LogP contribution in [0.4, 0.5) is 5.82 Å². The molecule has 0 spiro atoms. The normalized spacial score (nSPS) is 21.8. The highest BCUT2D eigenvalue weighted by Crippen LogP contribution is 2.16. The number of nitrogens with zero attached hydrogens (tertiary/aromatic N) is 1. The number of carbonyl (C=O) groups excluding carboxylic acids is 1. The topological polar surface area (TPSA) is 71.1 Å². The second-order valence-electron chi connectivity index (χ2n) is 5.09. The molecule has 1 saturated heterocycles. The minimum Gasteiger partial charge on any atom is -0.370 e. The Morgan fingerprint density at radius 3 is 2.81 bits per heavy atom. The number of carbonyl (C=O) groups is 1. The summed E-state index contributed by atoms with van der Waals surface area (Å²) >= 11 is 5.96. The number of hydrogen-bond donors (Lipinski definition) is 2. The average Bonchev–Trinajstić information content (AvgIpc) is 2.47. The molecule has 2 rings (SSSR count). The highest BCUT2D eigenvalue weighted by atomic mass is 35.5. The van der Waals surface area contributed by atoms with Crippen molar-refractivity contribution in [1.82, 2.24) is 10.3 Å². The molecule has 0 radical (unpaired) electrons. The minimum absolute atomic E-state index is 0.0918. The number of aromatic nitrogens is 1. The van der Waals surface area contributed by atoms with Crippen LogP contribution in [0.2, 0.25) is 5.15 Å². The van der Waals surface area contributed by atoms with Gasteiger partial charge in [0.1, 0.15) is 11.0 Å². The molecule has 1 aliphatic heterocycles. The summed E-state index contributed by atoms with van der Waals surface area (Å²) in [6, 6.07) is 3.36. The van der Waals surface area contributed by atoms with Crippen LogP contribution in [-0.2, 0) is 10.8 Å². The van der Waals surface area contributed by atoms with E-state index in [4.69, 9.17) is 11.6 Å². The second-order valence-corrected chi connectivity index (χ2v) is 7.17. The van der Waals surface area contributed by atoms with Crippen LogP contribution >= 0.6 is 11.6 Å². The molecule has 0 aliphatic carbocycles. The fourth-order valence-electron chi connectivity index (χ4n) is 2.18. The van der Waals surface area contributed by atoms with Crippen molar-refractivity contribution in [3.63, 3.8) is 0 Å². The number of hydrogen-bond acceptors (Lipinski definition) is 4. The molecule has 1 aromatic heterocycles. The molecule has 7 heteroatoms. The first-order valence-electron chi connectivity index (χ1n) is 7.15. The number of pyridine rings is 1. The van der Waals surface area contributed by atoms with E-state index in [1.54, 1.807) is 12.1 Å². The second kappa shape index (κ2) is 7.75. The molecule has 0 unspecified atom stereocenters. The summed E-state index contributed by atoms with van der Waals surface area (Å²) in [5, 5.41) is 6.40. The first kappa shape index (κ1) is 16.2. The fraction of sp³-hybridized carbons (Fsp3) is 0.571. The summed E-state index contributed by atoms with van der Waals surface area (Å²) in [5.74, 6) is 1.77. The van der Waals surface area contributed by atoms with Crippen molar-refractivity contribution in [3.8, 4) is 0 Å². The van der Waals surface area contributed by atoms with Crippen molar-refractivity contribution < 1.29 is 9.00 Å². The fourth-order valence-corrected chi connectivity index (χ4v) is 3.69. The van der Waals surface area contributed by atoms with Gasteiger partial charge in [0.25, 0.3) is 5.91 Å². The molecule has 0 saturated carbocycles. The van der Waals surface area contributed by atoms with Crippen molar-refractivity contribution in [1.29, 1.82) is 0 Å². The molecule has 0 bridgehead atoms. The molecule has 1 aromatic rings. The molecule has 5 nitrogen and oxygen atoms in total. The lowest BCUT2D eigenvalue weighted by Crippen LogP contribution is -2.39. The molecule has 0 atom stereocenters. The first-order valence-corrected chi connectivity index (χ1v) is 9.02. The Balaban J connectivity index is 2.01. The van der Waals surface area contributed by atoms with Gasteiger partial charge in [-0.05, 0) is 31.4 Å². The zero-order valence-corrected chi connectivity index (χ0v) is 13.6. The van der Waals surface area contributed by atoms with E-state index in [2.05, 4.69) is 22.5 Å². The van der Waals surface area contributed by atoms with Gasteiger partial charge < -0.3 is 10.6 Å². The van der Waals surface area contributed by atoms with Gasteiger partial charge in [-0.3, -0.25) is 9.00 Å². The molecule has 2 N–H and O–H groups in total. The smallest absolute Gasteiger partial charge is 0.251 e. The van der Waals surface area contributed by atoms with Gasteiger partial charge in [-0.15, -0.1) is 0 Å². The third-order valence-corrected chi connectivity index (χ3v) is 4.91. The largest absolute Gasteiger partial charge is 0.370 e. The van der Waals surface area contributed by atoms with Gasteiger partial charge in [0, 0.05) is 40.5 Å². The summed E-state index contributed by atoms with van der Waals surface area (Å²) < 4.78 is 11.3. The van der Waals surface area contributed by atoms with Crippen LogP contribution in [0.25, 0.3) is 0 Å². The lowest BCUT2D eigenvalue weighted by atomic mass is 10.1. The number of rotatable bonds is 5. The summed E-state index contributed by atoms with van der Waals surface area (Å²) in [6.07, 6.45) is 2.49. The zero-order valence-electron chi connectivity index (χ0n) is 12.0. The molecule has 2 heterocycles. The van der Waals surface area contributed by atoms with Gasteiger partial charge in [-0.1, -0.05) is 18.5 Å². The lowest BCUT2D eigenvalue weighted by Gasteiger charge is -2.22. The van der Waals surface area contributed by atoms with Crippen LogP contribution in [0.3, 0.4) is 0 Å². The van der Waals surface area contributed by atoms with Gasteiger partial charge >= 0.3 is 0 Å². The Labute approximate surface area is 132 Å². The van der Waals surface area contributed by atoms with Crippen LogP contribution in [0.5, 0.6) is 0 Å². The molecule has 1 aliphatic rings. The van der Waals surface area contributed by atoms with Crippen molar-refractivity contribution in [2.45, 2.75) is 32.2 Å². The Kier molecular flexibility index (Phi) is 5.99. The molecule has 1 amide bonds. The van der Waals surface area contributed by atoms with Crippen molar-refractivity contribution >= 4 is 34.1 Å². The molecule has 116 valence electrons. The van der Waals surface area contributed by atoms with Crippen LogP contribution in [0.1, 0.15) is 36.5 Å². The van der Waals surface area contributed by atoms with Crippen molar-refractivity contribution in [3.05, 3.63) is 22.8 Å². The maximum absolute atomic E-state index is 12.3. The number of halogens is 1. The standard InChI is InChI=1S/C14H20ClN3O2S/c1-2-5-16-13-9-10(8-12(15)18-13)14(19)17-11-3-6-21(20)7-4-11/h8-9,11H,2-7H2,1H3,(H,16,18)(H,17,19). The van der Waals surface area contributed by atoms with Gasteiger partial charge in [0.2, 0.25) is 0 Å². The van der Waals surface area contributed by atoms with E-state index in [-0.39, 0.29) is 11.9 Å². The summed E-state index contributed by atoms with van der Waals surface area (Å²) in [5.41, 5.74) is 0.500. The van der Waals surface area contributed by atoms with E-state index in [1.165, 1.54) is 0 Å². The lowest BCUT2D eigenvalue weighted by molar-refractivity contribution is 0.0934. The number of amides is 1. The van der Waals surface area contributed by atoms with Crippen LogP contribution in [0.15, 0.2) is 12.1 Å². The Morgan fingerprint density at radius 1 is 1.43 bits per heavy atom. The average molecular weight is 330 g/mol. The van der Waals surface area contributed by atoms with E-state index < -0.39 is 10.8 Å². The Bertz CT molecular complexity index is 529. The van der Waals surface area contributed by atoms with Crippen molar-refractivity contribution in [2.75, 3.05) is 23.4 Å². The predicted molar refractivity (Wildman–Crippen MR) is 86.4 cm³/mol. The SMILES string of the molecule is CCCNc1cc(C(=O)NC2CCS(=O)CC2)cc(Cl)n1. The highest BCUT2D eigenvalue weighted by Gasteiger charge is 2.20. The summed E-state index contributed by atoms with van der Waals surface area (Å²) in [4.78, 5) is 16.4. The van der Waals surface area contributed by atoms with Crippen LogP contribution < -0.4 is 10.6 Å². The molecular weight excluding hydrogens is 310 g/mol. The van der Waals surface area contributed by atoms with Gasteiger partial charge in [0.05, 0.1) is 0 Å². The van der Waals surface area contributed by atoms with Gasteiger partial charge in [0.15, 0.2) is 0 Å². The third-order valence-electron chi connectivity index (χ3n) is 3.34. The molecular formula is C14H20ClN3O2S.